The van der Waals surface area contributed by atoms with Gasteiger partial charge in [0.1, 0.15) is 5.75 Å². The number of likely N-dealkylation sites (tertiary alicyclic amines) is 1. The van der Waals surface area contributed by atoms with E-state index >= 15 is 0 Å². The normalized spacial score (nSPS) is 25.0. The van der Waals surface area contributed by atoms with Crippen molar-refractivity contribution < 1.29 is 4.74 Å². The summed E-state index contributed by atoms with van der Waals surface area (Å²) < 4.78 is 7.95. The highest BCUT2D eigenvalue weighted by molar-refractivity contribution is 5.75. The number of H-pyrrole nitrogens is 1. The van der Waals surface area contributed by atoms with Crippen LogP contribution in [0.5, 0.6) is 5.75 Å². The molecule has 2 atom stereocenters. The highest BCUT2D eigenvalue weighted by atomic mass is 16.5. The lowest BCUT2D eigenvalue weighted by Crippen LogP contribution is -2.40. The number of aromatic nitrogens is 2. The van der Waals surface area contributed by atoms with Crippen LogP contribution in [0, 0.1) is 0 Å². The molecule has 0 bridgehead atoms. The van der Waals surface area contributed by atoms with Gasteiger partial charge in [-0.15, -0.1) is 0 Å². The van der Waals surface area contributed by atoms with Gasteiger partial charge in [-0.2, -0.15) is 0 Å². The van der Waals surface area contributed by atoms with E-state index in [1.54, 1.807) is 0 Å². The Morgan fingerprint density at radius 3 is 2.69 bits per heavy atom. The molecule has 3 aliphatic rings. The van der Waals surface area contributed by atoms with Crippen molar-refractivity contribution in [2.45, 2.75) is 50.1 Å². The molecule has 150 valence electrons. The summed E-state index contributed by atoms with van der Waals surface area (Å²) in [7, 11) is 0. The van der Waals surface area contributed by atoms with Gasteiger partial charge < -0.3 is 9.72 Å². The summed E-state index contributed by atoms with van der Waals surface area (Å²) in [4.78, 5) is 18.2. The van der Waals surface area contributed by atoms with Crippen molar-refractivity contribution in [1.82, 2.24) is 14.5 Å². The van der Waals surface area contributed by atoms with Gasteiger partial charge >= 0.3 is 5.69 Å². The zero-order valence-corrected chi connectivity index (χ0v) is 16.6. The second-order valence-corrected chi connectivity index (χ2v) is 8.77. The van der Waals surface area contributed by atoms with Crippen LogP contribution in [0.15, 0.2) is 47.3 Å². The van der Waals surface area contributed by atoms with Gasteiger partial charge in [0.2, 0.25) is 0 Å². The predicted octanol–water partition coefficient (Wildman–Crippen LogP) is 4.37. The molecule has 1 fully saturated rings. The topological polar surface area (TPSA) is 50.3 Å². The van der Waals surface area contributed by atoms with Crippen LogP contribution in [0.4, 0.5) is 0 Å². The van der Waals surface area contributed by atoms with E-state index in [0.29, 0.717) is 12.0 Å². The molecule has 0 amide bonds. The van der Waals surface area contributed by atoms with E-state index in [4.69, 9.17) is 4.74 Å². The van der Waals surface area contributed by atoms with Gasteiger partial charge in [-0.3, -0.25) is 9.47 Å². The fraction of sp³-hybridized carbons (Fsp3) is 0.458. The monoisotopic (exact) mass is 389 g/mol. The first-order valence-electron chi connectivity index (χ1n) is 11.0. The molecule has 3 heterocycles. The first kappa shape index (κ1) is 17.3. The number of fused-ring (bicyclic) bond motifs is 1. The van der Waals surface area contributed by atoms with Crippen LogP contribution in [0.25, 0.3) is 11.0 Å². The lowest BCUT2D eigenvalue weighted by Gasteiger charge is -2.43. The van der Waals surface area contributed by atoms with Gasteiger partial charge in [-0.25, -0.2) is 4.79 Å². The number of hydrogen-bond acceptors (Lipinski definition) is 3. The van der Waals surface area contributed by atoms with Crippen LogP contribution in [-0.4, -0.2) is 34.1 Å². The van der Waals surface area contributed by atoms with Crippen molar-refractivity contribution in [3.63, 3.8) is 0 Å². The molecule has 2 unspecified atom stereocenters. The van der Waals surface area contributed by atoms with E-state index in [0.717, 1.165) is 55.7 Å². The minimum Gasteiger partial charge on any atom is -0.493 e. The van der Waals surface area contributed by atoms with Crippen LogP contribution in [0.3, 0.4) is 0 Å². The molecule has 1 aliphatic carbocycles. The molecule has 2 aromatic carbocycles. The van der Waals surface area contributed by atoms with E-state index in [-0.39, 0.29) is 11.7 Å². The molecule has 0 spiro atoms. The SMILES string of the molecule is O=c1[nH]c2ccccc2n1C1CCN(C2CCC3CCOc4cccc2c43)CC1. The second-order valence-electron chi connectivity index (χ2n) is 8.77. The summed E-state index contributed by atoms with van der Waals surface area (Å²) in [5.41, 5.74) is 4.96. The van der Waals surface area contributed by atoms with Crippen LogP contribution in [0.1, 0.15) is 61.2 Å². The van der Waals surface area contributed by atoms with Crippen molar-refractivity contribution in [2.75, 3.05) is 19.7 Å². The fourth-order valence-corrected chi connectivity index (χ4v) is 5.94. The van der Waals surface area contributed by atoms with Crippen LogP contribution >= 0.6 is 0 Å². The van der Waals surface area contributed by atoms with Crippen molar-refractivity contribution in [3.05, 3.63) is 64.1 Å². The highest BCUT2D eigenvalue weighted by Crippen LogP contribution is 2.48. The number of imidazole rings is 1. The maximum atomic E-state index is 12.6. The Kier molecular flexibility index (Phi) is 4.05. The van der Waals surface area contributed by atoms with Crippen molar-refractivity contribution >= 4 is 11.0 Å². The Morgan fingerprint density at radius 1 is 0.931 bits per heavy atom. The predicted molar refractivity (Wildman–Crippen MR) is 114 cm³/mol. The number of rotatable bonds is 2. The Labute approximate surface area is 170 Å². The smallest absolute Gasteiger partial charge is 0.326 e. The number of benzene rings is 2. The average molecular weight is 389 g/mol. The van der Waals surface area contributed by atoms with Gasteiger partial charge in [0.25, 0.3) is 0 Å². The molecule has 29 heavy (non-hydrogen) atoms. The first-order chi connectivity index (χ1) is 14.3. The molecule has 3 aromatic rings. The lowest BCUT2D eigenvalue weighted by atomic mass is 9.76. The van der Waals surface area contributed by atoms with Crippen molar-refractivity contribution in [2.24, 2.45) is 0 Å². The molecular formula is C24H27N3O2. The summed E-state index contributed by atoms with van der Waals surface area (Å²) in [5.74, 6) is 1.79. The molecule has 6 rings (SSSR count). The van der Waals surface area contributed by atoms with Gasteiger partial charge in [0.15, 0.2) is 0 Å². The average Bonchev–Trinajstić information content (AvgIpc) is 3.10. The molecule has 1 aromatic heterocycles. The zero-order chi connectivity index (χ0) is 19.4. The molecule has 5 nitrogen and oxygen atoms in total. The molecular weight excluding hydrogens is 362 g/mol. The summed E-state index contributed by atoms with van der Waals surface area (Å²) in [5, 5.41) is 0. The highest BCUT2D eigenvalue weighted by Gasteiger charge is 2.36. The van der Waals surface area contributed by atoms with Gasteiger partial charge in [0.05, 0.1) is 17.6 Å². The minimum atomic E-state index is 0.0273. The molecule has 0 saturated carbocycles. The molecule has 2 aliphatic heterocycles. The summed E-state index contributed by atoms with van der Waals surface area (Å²) in [6.45, 7) is 2.93. The van der Waals surface area contributed by atoms with Gasteiger partial charge in [0, 0.05) is 30.7 Å². The molecule has 5 heteroatoms. The summed E-state index contributed by atoms with van der Waals surface area (Å²) >= 11 is 0. The Hall–Kier alpha value is -2.53. The van der Waals surface area contributed by atoms with Crippen LogP contribution in [-0.2, 0) is 0 Å². The Morgan fingerprint density at radius 2 is 1.79 bits per heavy atom. The third-order valence-corrected chi connectivity index (χ3v) is 7.31. The van der Waals surface area contributed by atoms with E-state index in [2.05, 4.69) is 34.1 Å². The number of nitrogens with one attached hydrogen (secondary N) is 1. The standard InChI is InChI=1S/C24H27N3O2/c28-24-25-19-5-1-2-6-21(19)27(24)17-10-13-26(14-11-17)20-9-8-16-12-15-29-22-7-3-4-18(20)23(16)22/h1-7,16-17,20H,8-15H2,(H,25,28). The van der Waals surface area contributed by atoms with E-state index in [1.807, 2.05) is 22.8 Å². The number of ether oxygens (including phenoxy) is 1. The number of para-hydroxylation sites is 2. The summed E-state index contributed by atoms with van der Waals surface area (Å²) in [6, 6.07) is 15.4. The third-order valence-electron chi connectivity index (χ3n) is 7.31. The fourth-order valence-electron chi connectivity index (χ4n) is 5.94. The van der Waals surface area contributed by atoms with Gasteiger partial charge in [-0.05, 0) is 61.8 Å². The number of nitrogens with zero attached hydrogens (tertiary/aromatic N) is 2. The Balaban J connectivity index is 1.25. The van der Waals surface area contributed by atoms with E-state index in [9.17, 15) is 4.79 Å². The van der Waals surface area contributed by atoms with Crippen LogP contribution < -0.4 is 10.4 Å². The molecule has 0 radical (unpaired) electrons. The zero-order valence-electron chi connectivity index (χ0n) is 16.6. The number of aromatic amines is 1. The quantitative estimate of drug-likeness (QED) is 0.708. The van der Waals surface area contributed by atoms with Crippen molar-refractivity contribution in [1.29, 1.82) is 0 Å². The largest absolute Gasteiger partial charge is 0.493 e. The lowest BCUT2D eigenvalue weighted by molar-refractivity contribution is 0.115. The minimum absolute atomic E-state index is 0.0273. The molecule has 1 N–H and O–H groups in total. The Bertz CT molecular complexity index is 1110. The number of piperidine rings is 1. The van der Waals surface area contributed by atoms with E-state index in [1.165, 1.54) is 24.0 Å². The molecule has 1 saturated heterocycles. The second kappa shape index (κ2) is 6.77. The van der Waals surface area contributed by atoms with Crippen molar-refractivity contribution in [3.8, 4) is 5.75 Å². The maximum Gasteiger partial charge on any atom is 0.326 e. The third kappa shape index (κ3) is 2.75. The first-order valence-corrected chi connectivity index (χ1v) is 11.0. The van der Waals surface area contributed by atoms with Crippen LogP contribution in [0.2, 0.25) is 0 Å². The maximum absolute atomic E-state index is 12.6. The van der Waals surface area contributed by atoms with Gasteiger partial charge in [-0.1, -0.05) is 24.3 Å². The number of hydrogen-bond donors (Lipinski definition) is 1. The summed E-state index contributed by atoms with van der Waals surface area (Å²) in [6.07, 6.45) is 5.70. The van der Waals surface area contributed by atoms with E-state index < -0.39 is 0 Å².